The number of carbonyl (C=O) groups is 3. The molecule has 1 aliphatic carbocycles. The fraction of sp³-hybridized carbons (Fsp3) is 0.458. The second kappa shape index (κ2) is 10.2. The summed E-state index contributed by atoms with van der Waals surface area (Å²) in [5.41, 5.74) is 1.78. The number of Topliss-reactive ketones (excluding diaryl/α,β-unsaturated/α-hetero) is 1. The highest BCUT2D eigenvalue weighted by molar-refractivity contribution is 5.99. The number of hydrogen-bond acceptors (Lipinski definition) is 5. The van der Waals surface area contributed by atoms with Gasteiger partial charge in [0.2, 0.25) is 0 Å². The largest absolute Gasteiger partial charge is 0.459 e. The van der Waals surface area contributed by atoms with Gasteiger partial charge in [-0.2, -0.15) is 0 Å². The van der Waals surface area contributed by atoms with Crippen LogP contribution in [-0.2, 0) is 9.53 Å². The number of hydrogen-bond donors (Lipinski definition) is 1. The molecule has 6 nitrogen and oxygen atoms in total. The van der Waals surface area contributed by atoms with Crippen molar-refractivity contribution in [1.29, 1.82) is 0 Å². The van der Waals surface area contributed by atoms with Gasteiger partial charge in [0.15, 0.2) is 18.2 Å². The second-order valence-corrected chi connectivity index (χ2v) is 8.16. The lowest BCUT2D eigenvalue weighted by molar-refractivity contribution is -0.145. The summed E-state index contributed by atoms with van der Waals surface area (Å²) < 4.78 is 10.3. The highest BCUT2D eigenvalue weighted by Gasteiger charge is 2.27. The van der Waals surface area contributed by atoms with Crippen LogP contribution in [0.2, 0.25) is 0 Å². The lowest BCUT2D eigenvalue weighted by Crippen LogP contribution is -2.45. The van der Waals surface area contributed by atoms with Gasteiger partial charge in [-0.15, -0.1) is 0 Å². The lowest BCUT2D eigenvalue weighted by Gasteiger charge is -2.22. The van der Waals surface area contributed by atoms with E-state index in [4.69, 9.17) is 9.15 Å². The minimum absolute atomic E-state index is 0.114. The van der Waals surface area contributed by atoms with Crippen molar-refractivity contribution in [2.75, 3.05) is 6.61 Å². The molecule has 1 N–H and O–H groups in total. The van der Waals surface area contributed by atoms with Crippen molar-refractivity contribution in [3.63, 3.8) is 0 Å². The molecule has 1 saturated carbocycles. The summed E-state index contributed by atoms with van der Waals surface area (Å²) in [6.07, 6.45) is 7.60. The number of ketones is 1. The third kappa shape index (κ3) is 5.59. The SMILES string of the molecule is CC(C)[C@H](NC(=O)c1ccco1)C(=O)OCC(=O)c1ccc(C2CCCCC2)cc1. The van der Waals surface area contributed by atoms with Gasteiger partial charge in [0, 0.05) is 5.56 Å². The Morgan fingerprint density at radius 1 is 1.07 bits per heavy atom. The van der Waals surface area contributed by atoms with Crippen LogP contribution in [-0.4, -0.2) is 30.3 Å². The molecule has 1 heterocycles. The molecular formula is C24H29NO5. The Morgan fingerprint density at radius 2 is 1.77 bits per heavy atom. The van der Waals surface area contributed by atoms with Gasteiger partial charge >= 0.3 is 5.97 Å². The third-order valence-electron chi connectivity index (χ3n) is 5.61. The number of furan rings is 1. The van der Waals surface area contributed by atoms with Crippen LogP contribution in [0.4, 0.5) is 0 Å². The third-order valence-corrected chi connectivity index (χ3v) is 5.61. The van der Waals surface area contributed by atoms with Gasteiger partial charge in [-0.05, 0) is 42.4 Å². The van der Waals surface area contributed by atoms with E-state index in [2.05, 4.69) is 5.32 Å². The van der Waals surface area contributed by atoms with Crippen molar-refractivity contribution < 1.29 is 23.5 Å². The molecule has 1 fully saturated rings. The molecule has 0 unspecified atom stereocenters. The Morgan fingerprint density at radius 3 is 2.37 bits per heavy atom. The smallest absolute Gasteiger partial charge is 0.329 e. The molecule has 160 valence electrons. The first-order valence-electron chi connectivity index (χ1n) is 10.6. The summed E-state index contributed by atoms with van der Waals surface area (Å²) >= 11 is 0. The van der Waals surface area contributed by atoms with Crippen LogP contribution in [0.15, 0.2) is 47.1 Å². The van der Waals surface area contributed by atoms with Crippen molar-refractivity contribution >= 4 is 17.7 Å². The molecule has 1 amide bonds. The Labute approximate surface area is 177 Å². The molecule has 0 spiro atoms. The minimum atomic E-state index is -0.871. The topological polar surface area (TPSA) is 85.6 Å². The predicted molar refractivity (Wildman–Crippen MR) is 112 cm³/mol. The number of amides is 1. The molecule has 2 aromatic rings. The van der Waals surface area contributed by atoms with Crippen LogP contribution >= 0.6 is 0 Å². The Balaban J connectivity index is 1.54. The Hall–Kier alpha value is -2.89. The van der Waals surface area contributed by atoms with Gasteiger partial charge in [0.05, 0.1) is 6.26 Å². The van der Waals surface area contributed by atoms with Crippen LogP contribution < -0.4 is 5.32 Å². The van der Waals surface area contributed by atoms with Gasteiger partial charge in [-0.1, -0.05) is 57.4 Å². The first-order valence-corrected chi connectivity index (χ1v) is 10.6. The van der Waals surface area contributed by atoms with Gasteiger partial charge in [0.1, 0.15) is 6.04 Å². The van der Waals surface area contributed by atoms with E-state index < -0.39 is 17.9 Å². The second-order valence-electron chi connectivity index (χ2n) is 8.16. The van der Waals surface area contributed by atoms with Crippen molar-refractivity contribution in [2.45, 2.75) is 57.9 Å². The van der Waals surface area contributed by atoms with Gasteiger partial charge in [0.25, 0.3) is 5.91 Å². The van der Waals surface area contributed by atoms with Crippen LogP contribution in [0.1, 0.15) is 78.3 Å². The van der Waals surface area contributed by atoms with Crippen molar-refractivity contribution in [2.24, 2.45) is 5.92 Å². The number of rotatable bonds is 8. The van der Waals surface area contributed by atoms with E-state index in [0.717, 1.165) is 0 Å². The molecule has 1 aromatic carbocycles. The van der Waals surface area contributed by atoms with Crippen LogP contribution in [0.5, 0.6) is 0 Å². The molecule has 0 saturated heterocycles. The molecule has 30 heavy (non-hydrogen) atoms. The Bertz CT molecular complexity index is 848. The summed E-state index contributed by atoms with van der Waals surface area (Å²) in [6.45, 7) is 3.22. The minimum Gasteiger partial charge on any atom is -0.459 e. The first kappa shape index (κ1) is 21.8. The molecule has 0 aliphatic heterocycles. The van der Waals surface area contributed by atoms with Gasteiger partial charge < -0.3 is 14.5 Å². The monoisotopic (exact) mass is 411 g/mol. The summed E-state index contributed by atoms with van der Waals surface area (Å²) in [5.74, 6) is -0.926. The number of carbonyl (C=O) groups excluding carboxylic acids is 3. The van der Waals surface area contributed by atoms with E-state index in [9.17, 15) is 14.4 Å². The van der Waals surface area contributed by atoms with E-state index in [1.807, 2.05) is 12.1 Å². The zero-order valence-electron chi connectivity index (χ0n) is 17.6. The van der Waals surface area contributed by atoms with Crippen LogP contribution in [0.3, 0.4) is 0 Å². The van der Waals surface area contributed by atoms with Crippen molar-refractivity contribution in [1.82, 2.24) is 5.32 Å². The predicted octanol–water partition coefficient (Wildman–Crippen LogP) is 4.51. The highest BCUT2D eigenvalue weighted by atomic mass is 16.5. The maximum atomic E-state index is 12.5. The van der Waals surface area contributed by atoms with E-state index in [0.29, 0.717) is 11.5 Å². The van der Waals surface area contributed by atoms with Gasteiger partial charge in [-0.25, -0.2) is 4.79 Å². The van der Waals surface area contributed by atoms with E-state index in [-0.39, 0.29) is 24.1 Å². The number of esters is 1. The lowest BCUT2D eigenvalue weighted by atomic mass is 9.84. The Kier molecular flexibility index (Phi) is 7.44. The van der Waals surface area contributed by atoms with Gasteiger partial charge in [-0.3, -0.25) is 9.59 Å². The maximum Gasteiger partial charge on any atom is 0.329 e. The van der Waals surface area contributed by atoms with Crippen LogP contribution in [0.25, 0.3) is 0 Å². The number of nitrogens with one attached hydrogen (secondary N) is 1. The summed E-state index contributed by atoms with van der Waals surface area (Å²) in [5, 5.41) is 2.61. The number of benzene rings is 1. The van der Waals surface area contributed by atoms with E-state index >= 15 is 0 Å². The normalized spacial score (nSPS) is 15.6. The molecule has 0 bridgehead atoms. The molecule has 1 aliphatic rings. The fourth-order valence-electron chi connectivity index (χ4n) is 3.80. The zero-order chi connectivity index (χ0) is 21.5. The molecule has 1 atom stereocenters. The first-order chi connectivity index (χ1) is 14.5. The van der Waals surface area contributed by atoms with Crippen molar-refractivity contribution in [3.05, 3.63) is 59.5 Å². The highest BCUT2D eigenvalue weighted by Crippen LogP contribution is 2.32. The van der Waals surface area contributed by atoms with E-state index in [1.54, 1.807) is 32.0 Å². The summed E-state index contributed by atoms with van der Waals surface area (Å²) in [4.78, 5) is 37.1. The molecule has 6 heteroatoms. The van der Waals surface area contributed by atoms with Crippen LogP contribution in [0, 0.1) is 5.92 Å². The van der Waals surface area contributed by atoms with Crippen molar-refractivity contribution in [3.8, 4) is 0 Å². The standard InChI is InChI=1S/C24H29NO5/c1-16(2)22(25-23(27)21-9-6-14-29-21)24(28)30-15-20(26)19-12-10-18(11-13-19)17-7-4-3-5-8-17/h6,9-14,16-17,22H,3-5,7-8,15H2,1-2H3,(H,25,27)/t22-/m0/s1. The average molecular weight is 411 g/mol. The summed E-state index contributed by atoms with van der Waals surface area (Å²) in [7, 11) is 0. The maximum absolute atomic E-state index is 12.5. The number of ether oxygens (including phenoxy) is 1. The molecule has 1 aromatic heterocycles. The fourth-order valence-corrected chi connectivity index (χ4v) is 3.80. The zero-order valence-corrected chi connectivity index (χ0v) is 17.6. The average Bonchev–Trinajstić information content (AvgIpc) is 3.31. The molecule has 0 radical (unpaired) electrons. The quantitative estimate of drug-likeness (QED) is 0.510. The molecule has 3 rings (SSSR count). The molecular weight excluding hydrogens is 382 g/mol. The van der Waals surface area contributed by atoms with E-state index in [1.165, 1.54) is 50.0 Å². The summed E-state index contributed by atoms with van der Waals surface area (Å²) in [6, 6.07) is 9.85.